The van der Waals surface area contributed by atoms with Crippen LogP contribution in [-0.4, -0.2) is 21.3 Å². The molecule has 4 nitrogen and oxygen atoms in total. The number of nitrogens with zero attached hydrogens (tertiary/aromatic N) is 4. The summed E-state index contributed by atoms with van der Waals surface area (Å²) in [5.41, 5.74) is 6.90. The van der Waals surface area contributed by atoms with Gasteiger partial charge in [-0.1, -0.05) is 59.6 Å². The molecule has 4 heterocycles. The molecule has 1 aliphatic heterocycles. The van der Waals surface area contributed by atoms with Crippen molar-refractivity contribution in [3.05, 3.63) is 134 Å². The van der Waals surface area contributed by atoms with E-state index in [-0.39, 0.29) is 20.1 Å². The third kappa shape index (κ3) is 3.92. The number of aromatic nitrogens is 2. The van der Waals surface area contributed by atoms with Gasteiger partial charge in [-0.05, 0) is 59.6 Å². The molecule has 0 aliphatic carbocycles. The van der Waals surface area contributed by atoms with Crippen molar-refractivity contribution >= 4 is 43.8 Å². The van der Waals surface area contributed by atoms with E-state index in [0.717, 1.165) is 16.9 Å². The maximum absolute atomic E-state index is 4.22. The maximum atomic E-state index is 4.22. The second-order valence-corrected chi connectivity index (χ2v) is 9.12. The molecule has 0 saturated carbocycles. The van der Waals surface area contributed by atoms with Gasteiger partial charge in [-0.2, -0.15) is 18.8 Å². The van der Waals surface area contributed by atoms with Crippen molar-refractivity contribution in [1.29, 1.82) is 0 Å². The Hall–Kier alpha value is -4.18. The molecule has 38 heavy (non-hydrogen) atoms. The van der Waals surface area contributed by atoms with E-state index in [1.54, 1.807) is 6.20 Å². The largest absolute Gasteiger partial charge is 3.00 e. The van der Waals surface area contributed by atoms with Gasteiger partial charge in [-0.3, -0.25) is 0 Å². The van der Waals surface area contributed by atoms with E-state index in [1.807, 2.05) is 49.5 Å². The maximum Gasteiger partial charge on any atom is 3.00 e. The van der Waals surface area contributed by atoms with Gasteiger partial charge in [0.05, 0.1) is 0 Å². The number of benzene rings is 4. The Labute approximate surface area is 235 Å². The molecule has 4 aromatic carbocycles. The number of hydrogen-bond donors (Lipinski definition) is 0. The first-order valence-electron chi connectivity index (χ1n) is 12.3. The van der Waals surface area contributed by atoms with Crippen LogP contribution in [0.5, 0.6) is 0 Å². The van der Waals surface area contributed by atoms with Crippen LogP contribution in [0.1, 0.15) is 0 Å². The summed E-state index contributed by atoms with van der Waals surface area (Å²) in [6.45, 7) is 2.09. The van der Waals surface area contributed by atoms with Gasteiger partial charge in [-0.25, -0.2) is 0 Å². The summed E-state index contributed by atoms with van der Waals surface area (Å²) in [5, 5.41) is 5.09. The van der Waals surface area contributed by atoms with Gasteiger partial charge in [0, 0.05) is 17.2 Å². The van der Waals surface area contributed by atoms with Gasteiger partial charge >= 0.3 is 20.1 Å². The first kappa shape index (κ1) is 24.2. The zero-order valence-corrected chi connectivity index (χ0v) is 23.1. The predicted octanol–water partition coefficient (Wildman–Crippen LogP) is 7.53. The summed E-state index contributed by atoms with van der Waals surface area (Å²) in [5.74, 6) is 0. The van der Waals surface area contributed by atoms with Crippen LogP contribution in [-0.2, 0) is 20.1 Å². The third-order valence-electron chi connectivity index (χ3n) is 6.83. The Morgan fingerprint density at radius 1 is 0.737 bits per heavy atom. The molecule has 0 saturated heterocycles. The van der Waals surface area contributed by atoms with E-state index >= 15 is 0 Å². The Balaban J connectivity index is 0.000000172. The van der Waals surface area contributed by atoms with Gasteiger partial charge in [0.1, 0.15) is 0 Å². The molecule has 0 radical (unpaired) electrons. The van der Waals surface area contributed by atoms with Gasteiger partial charge in [0.2, 0.25) is 0 Å². The van der Waals surface area contributed by atoms with Crippen LogP contribution < -0.4 is 4.90 Å². The summed E-state index contributed by atoms with van der Waals surface area (Å²) in [7, 11) is 2.04. The molecule has 8 rings (SSSR count). The minimum Gasteiger partial charge on any atom is -0.510 e. The van der Waals surface area contributed by atoms with E-state index < -0.39 is 0 Å². The van der Waals surface area contributed by atoms with E-state index in [2.05, 4.69) is 105 Å². The molecule has 0 bridgehead atoms. The van der Waals surface area contributed by atoms with E-state index in [1.165, 1.54) is 38.1 Å². The number of rotatable bonds is 2. The average Bonchev–Trinajstić information content (AvgIpc) is 3.65. The van der Waals surface area contributed by atoms with Gasteiger partial charge in [0.15, 0.2) is 0 Å². The Morgan fingerprint density at radius 2 is 1.47 bits per heavy atom. The smallest absolute Gasteiger partial charge is 0.510 e. The fraction of sp³-hybridized carbons (Fsp3) is 0.0303. The number of para-hydroxylation sites is 2. The predicted molar refractivity (Wildman–Crippen MR) is 152 cm³/mol. The molecule has 0 N–H and O–H groups in total. The van der Waals surface area contributed by atoms with Crippen molar-refractivity contribution in [2.75, 3.05) is 11.9 Å². The molecule has 7 aromatic rings. The Bertz CT molecular complexity index is 1840. The minimum atomic E-state index is 0. The molecule has 0 fully saturated rings. The fourth-order valence-electron chi connectivity index (χ4n) is 5.23. The van der Waals surface area contributed by atoms with Crippen molar-refractivity contribution < 1.29 is 20.1 Å². The van der Waals surface area contributed by atoms with Crippen molar-refractivity contribution in [3.8, 4) is 11.3 Å². The number of pyridine rings is 1. The third-order valence-corrected chi connectivity index (χ3v) is 6.83. The second-order valence-electron chi connectivity index (χ2n) is 9.12. The Morgan fingerprint density at radius 3 is 2.18 bits per heavy atom. The monoisotopic (exact) mass is 668 g/mol. The molecule has 0 unspecified atom stereocenters. The summed E-state index contributed by atoms with van der Waals surface area (Å²) in [4.78, 5) is 8.43. The summed E-state index contributed by atoms with van der Waals surface area (Å²) in [6, 6.07) is 39.8. The van der Waals surface area contributed by atoms with Gasteiger partial charge in [-0.15, -0.1) is 41.3 Å². The summed E-state index contributed by atoms with van der Waals surface area (Å²) >= 11 is 0. The number of hydrogen-bond acceptors (Lipinski definition) is 3. The minimum absolute atomic E-state index is 0. The van der Waals surface area contributed by atoms with Crippen molar-refractivity contribution in [3.63, 3.8) is 0 Å². The van der Waals surface area contributed by atoms with Crippen molar-refractivity contribution in [1.82, 2.24) is 14.3 Å². The van der Waals surface area contributed by atoms with Gasteiger partial charge in [0.25, 0.3) is 0 Å². The van der Waals surface area contributed by atoms with E-state index in [4.69, 9.17) is 0 Å². The molecule has 0 atom stereocenters. The Kier molecular flexibility index (Phi) is 6.32. The van der Waals surface area contributed by atoms with Crippen LogP contribution in [0.25, 0.3) is 49.4 Å². The molecule has 5 heteroatoms. The molecule has 1 aliphatic rings. The zero-order valence-electron chi connectivity index (χ0n) is 20.7. The molecule has 3 aromatic heterocycles. The zero-order chi connectivity index (χ0) is 24.8. The van der Waals surface area contributed by atoms with Crippen LogP contribution >= 0.6 is 0 Å². The quantitative estimate of drug-likeness (QED) is 0.178. The van der Waals surface area contributed by atoms with Crippen LogP contribution in [0, 0.1) is 18.8 Å². The van der Waals surface area contributed by atoms with Gasteiger partial charge < -0.3 is 19.2 Å². The summed E-state index contributed by atoms with van der Waals surface area (Å²) in [6.07, 6.45) is 5.93. The van der Waals surface area contributed by atoms with Crippen LogP contribution in [0.15, 0.2) is 116 Å². The first-order chi connectivity index (χ1) is 18.3. The molecule has 184 valence electrons. The number of fused-ring (bicyclic) bond motifs is 6. The first-order valence-corrected chi connectivity index (χ1v) is 12.3. The average molecular weight is 668 g/mol. The standard InChI is InChI=1S/C22H15N3.C11H8N.Ir/c1-23-12-13-24(14-23)20-11-10-16-15-6-2-4-8-18(15)25-19-9-5-3-7-17(19)21(20)22(16)25;1-2-6-10(7-3-1)11-8-4-5-9-12-11;/h2-10,12-14H,1H3;1-6,8-9H;/q-2;-1;+3. The van der Waals surface area contributed by atoms with Crippen LogP contribution in [0.4, 0.5) is 5.69 Å². The number of anilines is 1. The topological polar surface area (TPSA) is 23.8 Å². The van der Waals surface area contributed by atoms with E-state index in [0.29, 0.717) is 0 Å². The SMILES string of the molecule is CN1C=CN(c2[c-]cc3c4ccccc4n4c5ccccc5c2c34)[CH-]1.[Ir+3].[c-]1ccccc1-c1ccccn1. The molecular weight excluding hydrogens is 645 g/mol. The van der Waals surface area contributed by atoms with E-state index in [9.17, 15) is 0 Å². The normalized spacial score (nSPS) is 12.9. The molecular formula is C33H23IrN4. The molecule has 0 spiro atoms. The summed E-state index contributed by atoms with van der Waals surface area (Å²) < 4.78 is 2.40. The fourth-order valence-corrected chi connectivity index (χ4v) is 5.23. The van der Waals surface area contributed by atoms with Crippen molar-refractivity contribution in [2.24, 2.45) is 0 Å². The van der Waals surface area contributed by atoms with Crippen LogP contribution in [0.2, 0.25) is 0 Å². The van der Waals surface area contributed by atoms with Crippen molar-refractivity contribution in [2.45, 2.75) is 0 Å². The molecule has 0 amide bonds. The second kappa shape index (κ2) is 9.94. The van der Waals surface area contributed by atoms with Crippen LogP contribution in [0.3, 0.4) is 0 Å².